The number of hydrogen-bond donors (Lipinski definition) is 1. The number of aliphatic imine (C=N–C) groups is 1. The maximum absolute atomic E-state index is 5.29. The Kier molecular flexibility index (Phi) is 5.46. The summed E-state index contributed by atoms with van der Waals surface area (Å²) in [6, 6.07) is 16.8. The zero-order valence-corrected chi connectivity index (χ0v) is 15.9. The second kappa shape index (κ2) is 7.95. The lowest BCUT2D eigenvalue weighted by Crippen LogP contribution is -2.38. The van der Waals surface area contributed by atoms with Gasteiger partial charge in [-0.05, 0) is 46.7 Å². The van der Waals surface area contributed by atoms with Gasteiger partial charge in [-0.25, -0.2) is 0 Å². The molecular weight excluding hydrogens is 324 g/mol. The molecule has 0 atom stereocenters. The lowest BCUT2D eigenvalue weighted by molar-refractivity contribution is 0.415. The van der Waals surface area contributed by atoms with Crippen molar-refractivity contribution >= 4 is 16.7 Å². The van der Waals surface area contributed by atoms with Crippen molar-refractivity contribution in [1.82, 2.24) is 14.8 Å². The van der Waals surface area contributed by atoms with Crippen LogP contribution >= 0.6 is 0 Å². The normalized spacial score (nSPS) is 11.6. The van der Waals surface area contributed by atoms with Gasteiger partial charge in [0.1, 0.15) is 5.75 Å². The molecule has 3 rings (SSSR count). The summed E-state index contributed by atoms with van der Waals surface area (Å²) in [6.45, 7) is 1.53. The van der Waals surface area contributed by atoms with E-state index in [9.17, 15) is 0 Å². The van der Waals surface area contributed by atoms with Crippen LogP contribution in [0, 0.1) is 0 Å². The number of benzene rings is 2. The highest BCUT2D eigenvalue weighted by Crippen LogP contribution is 2.21. The van der Waals surface area contributed by atoms with Crippen molar-refractivity contribution in [3.05, 3.63) is 66.0 Å². The molecule has 5 heteroatoms. The Morgan fingerprint density at radius 2 is 1.92 bits per heavy atom. The Balaban J connectivity index is 1.66. The maximum Gasteiger partial charge on any atom is 0.194 e. The summed E-state index contributed by atoms with van der Waals surface area (Å²) < 4.78 is 7.41. The van der Waals surface area contributed by atoms with Crippen LogP contribution in [0.25, 0.3) is 10.8 Å². The van der Waals surface area contributed by atoms with Crippen molar-refractivity contribution in [2.45, 2.75) is 13.1 Å². The summed E-state index contributed by atoms with van der Waals surface area (Å²) in [5.41, 5.74) is 2.46. The molecule has 0 fully saturated rings. The third-order valence-corrected chi connectivity index (χ3v) is 4.59. The lowest BCUT2D eigenvalue weighted by atomic mass is 10.1. The van der Waals surface area contributed by atoms with E-state index in [0.29, 0.717) is 0 Å². The standard InChI is InChI=1S/C21H26N4O/c1-22-21(25(3)15-19-6-5-11-24(19)2)23-14-16-7-8-18-13-20(26-4)10-9-17(18)12-16/h5-13H,14-15H2,1-4H3,(H,22,23). The Morgan fingerprint density at radius 1 is 1.15 bits per heavy atom. The van der Waals surface area contributed by atoms with Crippen molar-refractivity contribution in [2.75, 3.05) is 21.2 Å². The van der Waals surface area contributed by atoms with Gasteiger partial charge in [0.15, 0.2) is 5.96 Å². The van der Waals surface area contributed by atoms with Crippen LogP contribution < -0.4 is 10.1 Å². The Bertz CT molecular complexity index is 913. The van der Waals surface area contributed by atoms with Crippen LogP contribution in [0.2, 0.25) is 0 Å². The minimum Gasteiger partial charge on any atom is -0.497 e. The van der Waals surface area contributed by atoms with E-state index in [4.69, 9.17) is 4.74 Å². The average Bonchev–Trinajstić information content (AvgIpc) is 3.06. The maximum atomic E-state index is 5.29. The van der Waals surface area contributed by atoms with Crippen molar-refractivity contribution in [2.24, 2.45) is 12.0 Å². The zero-order valence-electron chi connectivity index (χ0n) is 15.9. The number of aryl methyl sites for hydroxylation is 1. The van der Waals surface area contributed by atoms with Crippen molar-refractivity contribution in [1.29, 1.82) is 0 Å². The average molecular weight is 350 g/mol. The highest BCUT2D eigenvalue weighted by Gasteiger charge is 2.08. The molecule has 0 aliphatic rings. The van der Waals surface area contributed by atoms with Crippen LogP contribution in [-0.2, 0) is 20.1 Å². The first-order valence-electron chi connectivity index (χ1n) is 8.69. The van der Waals surface area contributed by atoms with Gasteiger partial charge in [-0.3, -0.25) is 4.99 Å². The predicted octanol–water partition coefficient (Wildman–Crippen LogP) is 3.39. The number of methoxy groups -OCH3 is 1. The minimum absolute atomic E-state index is 0.728. The molecule has 3 aromatic rings. The van der Waals surface area contributed by atoms with E-state index < -0.39 is 0 Å². The molecule has 26 heavy (non-hydrogen) atoms. The molecule has 0 aliphatic carbocycles. The molecule has 0 radical (unpaired) electrons. The molecule has 0 bridgehead atoms. The quantitative estimate of drug-likeness (QED) is 0.566. The summed E-state index contributed by atoms with van der Waals surface area (Å²) in [4.78, 5) is 6.53. The molecule has 1 N–H and O–H groups in total. The van der Waals surface area contributed by atoms with Gasteiger partial charge in [-0.2, -0.15) is 0 Å². The van der Waals surface area contributed by atoms with Gasteiger partial charge >= 0.3 is 0 Å². The molecule has 5 nitrogen and oxygen atoms in total. The van der Waals surface area contributed by atoms with Crippen LogP contribution in [0.1, 0.15) is 11.3 Å². The van der Waals surface area contributed by atoms with Crippen LogP contribution in [0.4, 0.5) is 0 Å². The van der Waals surface area contributed by atoms with E-state index in [2.05, 4.69) is 82.5 Å². The molecule has 0 amide bonds. The number of hydrogen-bond acceptors (Lipinski definition) is 2. The summed E-state index contributed by atoms with van der Waals surface area (Å²) in [7, 11) is 7.62. The van der Waals surface area contributed by atoms with Gasteiger partial charge < -0.3 is 19.5 Å². The second-order valence-electron chi connectivity index (χ2n) is 6.41. The van der Waals surface area contributed by atoms with Crippen LogP contribution in [-0.4, -0.2) is 36.6 Å². The summed E-state index contributed by atoms with van der Waals surface area (Å²) in [5.74, 6) is 1.76. The van der Waals surface area contributed by atoms with Crippen LogP contribution in [0.3, 0.4) is 0 Å². The zero-order chi connectivity index (χ0) is 18.5. The fourth-order valence-electron chi connectivity index (χ4n) is 3.05. The molecule has 1 aromatic heterocycles. The largest absolute Gasteiger partial charge is 0.497 e. The van der Waals surface area contributed by atoms with E-state index in [0.717, 1.165) is 24.8 Å². The number of aromatic nitrogens is 1. The van der Waals surface area contributed by atoms with Gasteiger partial charge in [0.25, 0.3) is 0 Å². The number of nitrogens with zero attached hydrogens (tertiary/aromatic N) is 3. The Labute approximate surface area is 154 Å². The fraction of sp³-hybridized carbons (Fsp3) is 0.286. The van der Waals surface area contributed by atoms with Gasteiger partial charge in [0.05, 0.1) is 13.7 Å². The lowest BCUT2D eigenvalue weighted by Gasteiger charge is -2.22. The third kappa shape index (κ3) is 3.99. The molecule has 0 spiro atoms. The number of ether oxygens (including phenoxy) is 1. The number of guanidine groups is 1. The first-order chi connectivity index (χ1) is 12.6. The Hall–Kier alpha value is -2.95. The predicted molar refractivity (Wildman–Crippen MR) is 108 cm³/mol. The fourth-order valence-corrected chi connectivity index (χ4v) is 3.05. The number of rotatable bonds is 5. The summed E-state index contributed by atoms with van der Waals surface area (Å²) >= 11 is 0. The third-order valence-electron chi connectivity index (χ3n) is 4.59. The van der Waals surface area contributed by atoms with Crippen molar-refractivity contribution in [3.8, 4) is 5.75 Å². The molecule has 2 aromatic carbocycles. The van der Waals surface area contributed by atoms with E-state index in [1.807, 2.05) is 13.1 Å². The molecule has 0 saturated carbocycles. The first kappa shape index (κ1) is 17.9. The van der Waals surface area contributed by atoms with Crippen molar-refractivity contribution in [3.63, 3.8) is 0 Å². The highest BCUT2D eigenvalue weighted by atomic mass is 16.5. The van der Waals surface area contributed by atoms with Crippen LogP contribution in [0.5, 0.6) is 5.75 Å². The minimum atomic E-state index is 0.728. The Morgan fingerprint density at radius 3 is 2.62 bits per heavy atom. The van der Waals surface area contributed by atoms with Gasteiger partial charge in [-0.15, -0.1) is 0 Å². The molecule has 0 saturated heterocycles. The topological polar surface area (TPSA) is 41.8 Å². The molecule has 0 unspecified atom stereocenters. The summed E-state index contributed by atoms with van der Waals surface area (Å²) in [6.07, 6.45) is 2.06. The van der Waals surface area contributed by atoms with E-state index in [-0.39, 0.29) is 0 Å². The smallest absolute Gasteiger partial charge is 0.194 e. The highest BCUT2D eigenvalue weighted by molar-refractivity contribution is 5.85. The number of fused-ring (bicyclic) bond motifs is 1. The molecule has 0 aliphatic heterocycles. The summed E-state index contributed by atoms with van der Waals surface area (Å²) in [5, 5.41) is 5.83. The van der Waals surface area contributed by atoms with E-state index in [1.54, 1.807) is 7.11 Å². The van der Waals surface area contributed by atoms with Crippen molar-refractivity contribution < 1.29 is 4.74 Å². The molecule has 1 heterocycles. The van der Waals surface area contributed by atoms with Gasteiger partial charge in [0.2, 0.25) is 0 Å². The molecule has 136 valence electrons. The van der Waals surface area contributed by atoms with Gasteiger partial charge in [0, 0.05) is 39.6 Å². The SMILES string of the molecule is CN=C(NCc1ccc2cc(OC)ccc2c1)N(C)Cc1cccn1C. The first-order valence-corrected chi connectivity index (χ1v) is 8.69. The monoisotopic (exact) mass is 350 g/mol. The van der Waals surface area contributed by atoms with E-state index in [1.165, 1.54) is 22.0 Å². The molecular formula is C21H26N4O. The van der Waals surface area contributed by atoms with Gasteiger partial charge in [-0.1, -0.05) is 18.2 Å². The second-order valence-corrected chi connectivity index (χ2v) is 6.41. The van der Waals surface area contributed by atoms with Crippen LogP contribution in [0.15, 0.2) is 59.7 Å². The number of nitrogens with one attached hydrogen (secondary N) is 1. The van der Waals surface area contributed by atoms with E-state index >= 15 is 0 Å².